The Kier molecular flexibility index (Phi) is 5.17. The first-order valence-electron chi connectivity index (χ1n) is 7.77. The number of morpholine rings is 1. The lowest BCUT2D eigenvalue weighted by atomic mass is 10.1. The molecule has 1 aliphatic rings. The Bertz CT molecular complexity index is 908. The van der Waals surface area contributed by atoms with Gasteiger partial charge in [0.2, 0.25) is 5.89 Å². The summed E-state index contributed by atoms with van der Waals surface area (Å²) in [4.78, 5) is 7.62. The highest BCUT2D eigenvalue weighted by molar-refractivity contribution is 5.85. The second-order valence-electron chi connectivity index (χ2n) is 5.74. The van der Waals surface area contributed by atoms with Crippen LogP contribution in [0.3, 0.4) is 0 Å². The summed E-state index contributed by atoms with van der Waals surface area (Å²) < 4.78 is 49.8. The van der Waals surface area contributed by atoms with Crippen LogP contribution >= 0.6 is 12.4 Å². The van der Waals surface area contributed by atoms with Gasteiger partial charge < -0.3 is 14.5 Å². The molecular formula is C17H15ClF3N3O2. The Hall–Kier alpha value is -2.16. The van der Waals surface area contributed by atoms with Crippen molar-refractivity contribution in [3.8, 4) is 11.5 Å². The van der Waals surface area contributed by atoms with Gasteiger partial charge in [-0.05, 0) is 29.8 Å². The van der Waals surface area contributed by atoms with Crippen molar-refractivity contribution in [3.05, 3.63) is 47.8 Å². The van der Waals surface area contributed by atoms with Crippen LogP contribution in [-0.4, -0.2) is 29.7 Å². The minimum absolute atomic E-state index is 0. The van der Waals surface area contributed by atoms with E-state index in [4.69, 9.17) is 9.15 Å². The number of aromatic nitrogens is 2. The van der Waals surface area contributed by atoms with E-state index in [2.05, 4.69) is 15.3 Å². The lowest BCUT2D eigenvalue weighted by Crippen LogP contribution is -2.33. The predicted molar refractivity (Wildman–Crippen MR) is 91.1 cm³/mol. The van der Waals surface area contributed by atoms with Gasteiger partial charge in [-0.25, -0.2) is 4.98 Å². The molecule has 26 heavy (non-hydrogen) atoms. The summed E-state index contributed by atoms with van der Waals surface area (Å²) in [6, 6.07) is 7.85. The quantitative estimate of drug-likeness (QED) is 0.722. The van der Waals surface area contributed by atoms with Crippen molar-refractivity contribution in [2.24, 2.45) is 0 Å². The molecule has 1 aromatic carbocycles. The van der Waals surface area contributed by atoms with Gasteiger partial charge in [-0.1, -0.05) is 6.07 Å². The van der Waals surface area contributed by atoms with Gasteiger partial charge in [-0.15, -0.1) is 12.4 Å². The fourth-order valence-corrected chi connectivity index (χ4v) is 2.76. The zero-order chi connectivity index (χ0) is 17.4. The lowest BCUT2D eigenvalue weighted by Gasteiger charge is -2.23. The monoisotopic (exact) mass is 385 g/mol. The number of alkyl halides is 3. The Labute approximate surface area is 153 Å². The van der Waals surface area contributed by atoms with Crippen LogP contribution in [0.15, 0.2) is 40.9 Å². The van der Waals surface area contributed by atoms with Crippen LogP contribution in [0.4, 0.5) is 13.2 Å². The number of rotatable bonds is 2. The number of halogens is 4. The number of hydrogen-bond acceptors (Lipinski definition) is 5. The van der Waals surface area contributed by atoms with Crippen molar-refractivity contribution in [2.45, 2.75) is 12.3 Å². The lowest BCUT2D eigenvalue weighted by molar-refractivity contribution is -0.141. The summed E-state index contributed by atoms with van der Waals surface area (Å²) in [7, 11) is 0. The van der Waals surface area contributed by atoms with Crippen LogP contribution in [0, 0.1) is 0 Å². The first-order valence-corrected chi connectivity index (χ1v) is 7.77. The van der Waals surface area contributed by atoms with Crippen LogP contribution in [0.2, 0.25) is 0 Å². The van der Waals surface area contributed by atoms with Gasteiger partial charge >= 0.3 is 6.18 Å². The van der Waals surface area contributed by atoms with Crippen molar-refractivity contribution in [1.29, 1.82) is 0 Å². The molecule has 1 N–H and O–H groups in total. The molecule has 0 saturated carbocycles. The van der Waals surface area contributed by atoms with E-state index in [0.717, 1.165) is 24.4 Å². The van der Waals surface area contributed by atoms with Crippen LogP contribution in [0.5, 0.6) is 0 Å². The Balaban J connectivity index is 0.00000196. The molecule has 138 valence electrons. The summed E-state index contributed by atoms with van der Waals surface area (Å²) in [5.41, 5.74) is 1.28. The van der Waals surface area contributed by atoms with E-state index < -0.39 is 11.9 Å². The van der Waals surface area contributed by atoms with Crippen LogP contribution in [0.25, 0.3) is 22.6 Å². The average Bonchev–Trinajstić information content (AvgIpc) is 3.05. The highest BCUT2D eigenvalue weighted by atomic mass is 35.5. The minimum atomic E-state index is -4.51. The summed E-state index contributed by atoms with van der Waals surface area (Å²) in [6.45, 7) is 2.14. The average molecular weight is 386 g/mol. The van der Waals surface area contributed by atoms with E-state index in [-0.39, 0.29) is 30.0 Å². The Morgan fingerprint density at radius 3 is 2.73 bits per heavy atom. The van der Waals surface area contributed by atoms with Gasteiger partial charge in [0.15, 0.2) is 5.58 Å². The molecule has 2 aromatic heterocycles. The Morgan fingerprint density at radius 1 is 1.15 bits per heavy atom. The number of hydrogen-bond donors (Lipinski definition) is 1. The van der Waals surface area contributed by atoms with E-state index >= 15 is 0 Å². The molecule has 3 aromatic rings. The predicted octanol–water partition coefficient (Wildman–Crippen LogP) is 3.99. The number of nitrogens with one attached hydrogen (secondary N) is 1. The molecule has 3 heterocycles. The van der Waals surface area contributed by atoms with E-state index in [0.29, 0.717) is 24.3 Å². The smallest absolute Gasteiger partial charge is 0.433 e. The molecule has 4 rings (SSSR count). The van der Waals surface area contributed by atoms with Gasteiger partial charge in [0, 0.05) is 24.8 Å². The second kappa shape index (κ2) is 7.22. The molecule has 0 aliphatic carbocycles. The molecule has 0 radical (unpaired) electrons. The molecule has 9 heteroatoms. The molecule has 0 spiro atoms. The number of ether oxygens (including phenoxy) is 1. The maximum Gasteiger partial charge on any atom is 0.433 e. The number of pyridine rings is 1. The second-order valence-corrected chi connectivity index (χ2v) is 5.74. The standard InChI is InChI=1S/C17H14F3N3O2.ClH/c18-17(19,20)15-8-11(3-4-22-15)16-23-12-2-1-10(7-13(12)25-16)14-9-21-5-6-24-14;/h1-4,7-8,14,21H,5-6,9H2;1H/t14-;/m0./s1. The van der Waals surface area contributed by atoms with Crippen LogP contribution in [-0.2, 0) is 10.9 Å². The highest BCUT2D eigenvalue weighted by Crippen LogP contribution is 2.32. The molecule has 1 saturated heterocycles. The number of fused-ring (bicyclic) bond motifs is 1. The van der Waals surface area contributed by atoms with Crippen molar-refractivity contribution in [1.82, 2.24) is 15.3 Å². The maximum absolute atomic E-state index is 12.8. The SMILES string of the molecule is Cl.FC(F)(F)c1cc(-c2nc3ccc([C@@H]4CNCCO4)cc3o2)ccn1. The first-order chi connectivity index (χ1) is 12.0. The summed E-state index contributed by atoms with van der Waals surface area (Å²) >= 11 is 0. The van der Waals surface area contributed by atoms with Crippen molar-refractivity contribution in [2.75, 3.05) is 19.7 Å². The number of benzene rings is 1. The third-order valence-corrected chi connectivity index (χ3v) is 4.01. The third kappa shape index (κ3) is 3.67. The third-order valence-electron chi connectivity index (χ3n) is 4.01. The van der Waals surface area contributed by atoms with E-state index in [1.54, 1.807) is 6.07 Å². The molecule has 5 nitrogen and oxygen atoms in total. The minimum Gasteiger partial charge on any atom is -0.436 e. The molecule has 0 unspecified atom stereocenters. The summed E-state index contributed by atoms with van der Waals surface area (Å²) in [6.07, 6.45) is -3.50. The number of oxazole rings is 1. The van der Waals surface area contributed by atoms with Crippen LogP contribution < -0.4 is 5.32 Å². The van der Waals surface area contributed by atoms with Gasteiger partial charge in [0.25, 0.3) is 0 Å². The fourth-order valence-electron chi connectivity index (χ4n) is 2.76. The molecule has 0 amide bonds. The Morgan fingerprint density at radius 2 is 2.00 bits per heavy atom. The van der Waals surface area contributed by atoms with Gasteiger partial charge in [0.1, 0.15) is 11.2 Å². The molecule has 0 bridgehead atoms. The molecule has 1 aliphatic heterocycles. The zero-order valence-corrected chi connectivity index (χ0v) is 14.2. The highest BCUT2D eigenvalue weighted by Gasteiger charge is 2.32. The zero-order valence-electron chi connectivity index (χ0n) is 13.4. The van der Waals surface area contributed by atoms with Gasteiger partial charge in [0.05, 0.1) is 12.7 Å². The maximum atomic E-state index is 12.8. The fraction of sp³-hybridized carbons (Fsp3) is 0.294. The summed E-state index contributed by atoms with van der Waals surface area (Å²) in [5, 5.41) is 3.25. The molecule has 1 fully saturated rings. The topological polar surface area (TPSA) is 60.2 Å². The van der Waals surface area contributed by atoms with Crippen molar-refractivity contribution < 1.29 is 22.3 Å². The summed E-state index contributed by atoms with van der Waals surface area (Å²) in [5.74, 6) is 0.128. The molecule has 1 atom stereocenters. The van der Waals surface area contributed by atoms with E-state index in [1.807, 2.05) is 12.1 Å². The van der Waals surface area contributed by atoms with Gasteiger partial charge in [-0.2, -0.15) is 13.2 Å². The largest absolute Gasteiger partial charge is 0.436 e. The van der Waals surface area contributed by atoms with E-state index in [1.165, 1.54) is 6.07 Å². The normalized spacial score (nSPS) is 17.9. The van der Waals surface area contributed by atoms with Crippen molar-refractivity contribution >= 4 is 23.5 Å². The van der Waals surface area contributed by atoms with E-state index in [9.17, 15) is 13.2 Å². The van der Waals surface area contributed by atoms with Gasteiger partial charge in [-0.3, -0.25) is 4.98 Å². The first kappa shape index (κ1) is 18.6. The van der Waals surface area contributed by atoms with Crippen LogP contribution in [0.1, 0.15) is 17.4 Å². The molecular weight excluding hydrogens is 371 g/mol. The van der Waals surface area contributed by atoms with Crippen molar-refractivity contribution in [3.63, 3.8) is 0 Å². The number of nitrogens with zero attached hydrogens (tertiary/aromatic N) is 2.